The van der Waals surface area contributed by atoms with E-state index in [1.165, 1.54) is 38.5 Å². The average Bonchev–Trinajstić information content (AvgIpc) is 2.30. The molecule has 0 saturated heterocycles. The van der Waals surface area contributed by atoms with Gasteiger partial charge in [-0.25, -0.2) is 0 Å². The summed E-state index contributed by atoms with van der Waals surface area (Å²) >= 11 is 0. The molecule has 2 unspecified atom stereocenters. The molecule has 0 spiro atoms. The minimum atomic E-state index is 0.811. The monoisotopic (exact) mass is 197 g/mol. The molecule has 1 aliphatic carbocycles. The van der Waals surface area contributed by atoms with E-state index < -0.39 is 0 Å². The average molecular weight is 197 g/mol. The Bertz CT molecular complexity index is 142. The molecule has 1 N–H and O–H groups in total. The SMILES string of the molecule is CCNC1CCCCC(CC(C)C)C1. The zero-order valence-corrected chi connectivity index (χ0v) is 10.2. The van der Waals surface area contributed by atoms with Crippen LogP contribution in [-0.2, 0) is 0 Å². The van der Waals surface area contributed by atoms with Crippen molar-refractivity contribution >= 4 is 0 Å². The minimum Gasteiger partial charge on any atom is -0.314 e. The second-order valence-electron chi connectivity index (χ2n) is 5.27. The number of rotatable bonds is 4. The van der Waals surface area contributed by atoms with Crippen LogP contribution in [0.15, 0.2) is 0 Å². The van der Waals surface area contributed by atoms with Crippen molar-refractivity contribution in [2.24, 2.45) is 11.8 Å². The summed E-state index contributed by atoms with van der Waals surface area (Å²) in [6, 6.07) is 0.811. The number of hydrogen-bond donors (Lipinski definition) is 1. The van der Waals surface area contributed by atoms with Crippen molar-refractivity contribution in [3.05, 3.63) is 0 Å². The van der Waals surface area contributed by atoms with Crippen LogP contribution in [0.3, 0.4) is 0 Å². The Morgan fingerprint density at radius 2 is 1.93 bits per heavy atom. The molecule has 0 aromatic heterocycles. The summed E-state index contributed by atoms with van der Waals surface area (Å²) in [5, 5.41) is 3.63. The fourth-order valence-corrected chi connectivity index (χ4v) is 2.82. The predicted octanol–water partition coefficient (Wildman–Crippen LogP) is 3.59. The summed E-state index contributed by atoms with van der Waals surface area (Å²) in [6.07, 6.45) is 8.63. The molecular formula is C13H27N. The molecule has 1 nitrogen and oxygen atoms in total. The van der Waals surface area contributed by atoms with E-state index in [0.717, 1.165) is 24.4 Å². The lowest BCUT2D eigenvalue weighted by Gasteiger charge is -2.21. The summed E-state index contributed by atoms with van der Waals surface area (Å²) in [5.74, 6) is 1.86. The molecule has 0 heterocycles. The van der Waals surface area contributed by atoms with E-state index in [-0.39, 0.29) is 0 Å². The molecule has 0 aromatic carbocycles. The highest BCUT2D eigenvalue weighted by atomic mass is 14.9. The first kappa shape index (κ1) is 12.0. The zero-order valence-electron chi connectivity index (χ0n) is 10.2. The maximum absolute atomic E-state index is 3.63. The van der Waals surface area contributed by atoms with Crippen molar-refractivity contribution < 1.29 is 0 Å². The first-order valence-corrected chi connectivity index (χ1v) is 6.45. The van der Waals surface area contributed by atoms with Gasteiger partial charge < -0.3 is 5.32 Å². The quantitative estimate of drug-likeness (QED) is 0.679. The lowest BCUT2D eigenvalue weighted by atomic mass is 9.89. The van der Waals surface area contributed by atoms with Crippen molar-refractivity contribution in [1.29, 1.82) is 0 Å². The van der Waals surface area contributed by atoms with Crippen molar-refractivity contribution in [2.45, 2.75) is 65.3 Å². The Hall–Kier alpha value is -0.0400. The summed E-state index contributed by atoms with van der Waals surface area (Å²) < 4.78 is 0. The normalized spacial score (nSPS) is 29.1. The largest absolute Gasteiger partial charge is 0.314 e. The molecule has 1 heteroatoms. The predicted molar refractivity (Wildman–Crippen MR) is 63.5 cm³/mol. The molecule has 2 atom stereocenters. The van der Waals surface area contributed by atoms with Gasteiger partial charge in [0.15, 0.2) is 0 Å². The van der Waals surface area contributed by atoms with Gasteiger partial charge in [0.05, 0.1) is 0 Å². The summed E-state index contributed by atoms with van der Waals surface area (Å²) in [4.78, 5) is 0. The van der Waals surface area contributed by atoms with Gasteiger partial charge in [-0.05, 0) is 37.6 Å². The Balaban J connectivity index is 2.34. The second-order valence-corrected chi connectivity index (χ2v) is 5.27. The fraction of sp³-hybridized carbons (Fsp3) is 1.00. The minimum absolute atomic E-state index is 0.811. The standard InChI is InChI=1S/C13H27N/c1-4-14-13-8-6-5-7-12(10-13)9-11(2)3/h11-14H,4-10H2,1-3H3. The summed E-state index contributed by atoms with van der Waals surface area (Å²) in [5.41, 5.74) is 0. The van der Waals surface area contributed by atoms with Crippen LogP contribution >= 0.6 is 0 Å². The molecule has 0 amide bonds. The van der Waals surface area contributed by atoms with Crippen LogP contribution in [0.5, 0.6) is 0 Å². The van der Waals surface area contributed by atoms with Gasteiger partial charge in [-0.15, -0.1) is 0 Å². The van der Waals surface area contributed by atoms with Crippen LogP contribution in [0.1, 0.15) is 59.3 Å². The van der Waals surface area contributed by atoms with E-state index in [9.17, 15) is 0 Å². The van der Waals surface area contributed by atoms with Gasteiger partial charge in [-0.2, -0.15) is 0 Å². The first-order chi connectivity index (χ1) is 6.72. The Morgan fingerprint density at radius 1 is 1.21 bits per heavy atom. The third kappa shape index (κ3) is 4.45. The molecule has 0 aromatic rings. The molecule has 14 heavy (non-hydrogen) atoms. The Labute approximate surface area is 89.7 Å². The van der Waals surface area contributed by atoms with Crippen LogP contribution in [0.4, 0.5) is 0 Å². The van der Waals surface area contributed by atoms with E-state index in [4.69, 9.17) is 0 Å². The van der Waals surface area contributed by atoms with E-state index in [1.807, 2.05) is 0 Å². The van der Waals surface area contributed by atoms with Crippen LogP contribution in [0, 0.1) is 11.8 Å². The van der Waals surface area contributed by atoms with Gasteiger partial charge in [0.1, 0.15) is 0 Å². The maximum atomic E-state index is 3.63. The molecule has 1 saturated carbocycles. The van der Waals surface area contributed by atoms with Gasteiger partial charge >= 0.3 is 0 Å². The third-order valence-corrected chi connectivity index (χ3v) is 3.33. The molecule has 1 aliphatic rings. The van der Waals surface area contributed by atoms with E-state index in [2.05, 4.69) is 26.1 Å². The maximum Gasteiger partial charge on any atom is 0.00695 e. The lowest BCUT2D eigenvalue weighted by Crippen LogP contribution is -2.30. The Kier molecular flexibility index (Phi) is 5.54. The smallest absolute Gasteiger partial charge is 0.00695 e. The summed E-state index contributed by atoms with van der Waals surface area (Å²) in [7, 11) is 0. The van der Waals surface area contributed by atoms with E-state index in [1.54, 1.807) is 0 Å². The topological polar surface area (TPSA) is 12.0 Å². The van der Waals surface area contributed by atoms with Gasteiger partial charge in [0.2, 0.25) is 0 Å². The molecule has 1 rings (SSSR count). The fourth-order valence-electron chi connectivity index (χ4n) is 2.82. The highest BCUT2D eigenvalue weighted by Gasteiger charge is 2.19. The highest BCUT2D eigenvalue weighted by molar-refractivity contribution is 4.76. The van der Waals surface area contributed by atoms with Crippen molar-refractivity contribution in [3.8, 4) is 0 Å². The number of nitrogens with one attached hydrogen (secondary N) is 1. The Morgan fingerprint density at radius 3 is 2.57 bits per heavy atom. The van der Waals surface area contributed by atoms with E-state index in [0.29, 0.717) is 0 Å². The lowest BCUT2D eigenvalue weighted by molar-refractivity contribution is 0.335. The molecule has 84 valence electrons. The van der Waals surface area contributed by atoms with Gasteiger partial charge in [-0.1, -0.05) is 40.0 Å². The van der Waals surface area contributed by atoms with Gasteiger partial charge in [0.25, 0.3) is 0 Å². The third-order valence-electron chi connectivity index (χ3n) is 3.33. The van der Waals surface area contributed by atoms with Gasteiger partial charge in [-0.3, -0.25) is 0 Å². The van der Waals surface area contributed by atoms with Crippen LogP contribution in [0.25, 0.3) is 0 Å². The van der Waals surface area contributed by atoms with Crippen molar-refractivity contribution in [2.75, 3.05) is 6.54 Å². The summed E-state index contributed by atoms with van der Waals surface area (Å²) in [6.45, 7) is 8.07. The number of hydrogen-bond acceptors (Lipinski definition) is 1. The molecule has 0 radical (unpaired) electrons. The molecule has 1 fully saturated rings. The highest BCUT2D eigenvalue weighted by Crippen LogP contribution is 2.28. The van der Waals surface area contributed by atoms with Crippen LogP contribution in [-0.4, -0.2) is 12.6 Å². The van der Waals surface area contributed by atoms with Crippen LogP contribution in [0.2, 0.25) is 0 Å². The van der Waals surface area contributed by atoms with Gasteiger partial charge in [0, 0.05) is 6.04 Å². The molecule has 0 aliphatic heterocycles. The van der Waals surface area contributed by atoms with Crippen LogP contribution < -0.4 is 5.32 Å². The zero-order chi connectivity index (χ0) is 10.4. The molecule has 0 bridgehead atoms. The van der Waals surface area contributed by atoms with Crippen molar-refractivity contribution in [1.82, 2.24) is 5.32 Å². The van der Waals surface area contributed by atoms with E-state index >= 15 is 0 Å². The second kappa shape index (κ2) is 6.44. The van der Waals surface area contributed by atoms with Crippen molar-refractivity contribution in [3.63, 3.8) is 0 Å². The first-order valence-electron chi connectivity index (χ1n) is 6.45. The molecular weight excluding hydrogens is 170 g/mol.